The summed E-state index contributed by atoms with van der Waals surface area (Å²) in [5, 5.41) is 11.4. The number of likely N-dealkylation sites (tertiary alicyclic amines) is 1. The van der Waals surface area contributed by atoms with Gasteiger partial charge in [0.2, 0.25) is 0 Å². The quantitative estimate of drug-likeness (QED) is 0.455. The number of fused-ring (bicyclic) bond motifs is 1. The molecule has 2 N–H and O–H groups in total. The molecule has 6 nitrogen and oxygen atoms in total. The minimum absolute atomic E-state index is 0.0365. The van der Waals surface area contributed by atoms with Crippen LogP contribution in [0.15, 0.2) is 66.9 Å². The van der Waals surface area contributed by atoms with Crippen LogP contribution in [0.3, 0.4) is 0 Å². The van der Waals surface area contributed by atoms with Crippen molar-refractivity contribution in [3.63, 3.8) is 0 Å². The van der Waals surface area contributed by atoms with Gasteiger partial charge < -0.3 is 5.32 Å². The first-order valence-electron chi connectivity index (χ1n) is 11.6. The van der Waals surface area contributed by atoms with Gasteiger partial charge in [-0.15, -0.1) is 0 Å². The lowest BCUT2D eigenvalue weighted by Crippen LogP contribution is -2.30. The Labute approximate surface area is 194 Å². The van der Waals surface area contributed by atoms with Gasteiger partial charge in [0, 0.05) is 41.7 Å². The third-order valence-corrected chi connectivity index (χ3v) is 6.27. The first-order chi connectivity index (χ1) is 16.1. The zero-order valence-electron chi connectivity index (χ0n) is 19.1. The summed E-state index contributed by atoms with van der Waals surface area (Å²) in [5.74, 6) is 0.262. The fraction of sp³-hybridized carbons (Fsp3) is 0.296. The summed E-state index contributed by atoms with van der Waals surface area (Å²) in [6, 6.07) is 20.3. The Kier molecular flexibility index (Phi) is 5.92. The summed E-state index contributed by atoms with van der Waals surface area (Å²) in [6.45, 7) is 6.71. The molecule has 3 heterocycles. The number of aromatic amines is 1. The molecule has 0 aliphatic carbocycles. The van der Waals surface area contributed by atoms with Crippen LogP contribution in [-0.4, -0.2) is 45.1 Å². The topological polar surface area (TPSA) is 73.9 Å². The molecule has 33 heavy (non-hydrogen) atoms. The Morgan fingerprint density at radius 3 is 2.76 bits per heavy atom. The van der Waals surface area contributed by atoms with Crippen molar-refractivity contribution in [2.45, 2.75) is 38.8 Å². The predicted molar refractivity (Wildman–Crippen MR) is 131 cm³/mol. The van der Waals surface area contributed by atoms with Crippen molar-refractivity contribution in [3.05, 3.63) is 83.7 Å². The Bertz CT molecular complexity index is 1260. The average Bonchev–Trinajstić information content (AvgIpc) is 3.48. The number of pyridine rings is 1. The number of carbonyl (C=O) groups excluding carboxylic acids is 1. The van der Waals surface area contributed by atoms with E-state index >= 15 is 0 Å². The summed E-state index contributed by atoms with van der Waals surface area (Å²) in [4.78, 5) is 20.3. The van der Waals surface area contributed by atoms with Crippen molar-refractivity contribution in [1.82, 2.24) is 25.4 Å². The number of nitrogens with one attached hydrogen (secondary N) is 2. The number of nitrogens with zero attached hydrogens (tertiary/aromatic N) is 3. The molecule has 0 saturated carbocycles. The van der Waals surface area contributed by atoms with Gasteiger partial charge in [-0.3, -0.25) is 19.8 Å². The number of para-hydroxylation sites is 1. The predicted octanol–water partition coefficient (Wildman–Crippen LogP) is 4.75. The molecule has 0 unspecified atom stereocenters. The second-order valence-electron chi connectivity index (χ2n) is 9.10. The molecular formula is C27H29N5O. The molecule has 4 aromatic rings. The normalized spacial score (nSPS) is 16.5. The van der Waals surface area contributed by atoms with Gasteiger partial charge in [0.25, 0.3) is 5.91 Å². The van der Waals surface area contributed by atoms with Gasteiger partial charge in [0.1, 0.15) is 0 Å². The van der Waals surface area contributed by atoms with Gasteiger partial charge in [0.05, 0.1) is 23.0 Å². The van der Waals surface area contributed by atoms with Gasteiger partial charge in [-0.25, -0.2) is 0 Å². The molecule has 0 spiro atoms. The largest absolute Gasteiger partial charge is 0.350 e. The number of carbonyl (C=O) groups is 1. The fourth-order valence-electron chi connectivity index (χ4n) is 4.68. The van der Waals surface area contributed by atoms with Crippen molar-refractivity contribution >= 4 is 16.8 Å². The first kappa shape index (κ1) is 21.3. The Morgan fingerprint density at radius 1 is 1.15 bits per heavy atom. The van der Waals surface area contributed by atoms with Crippen molar-refractivity contribution in [2.75, 3.05) is 13.1 Å². The fourth-order valence-corrected chi connectivity index (χ4v) is 4.68. The number of H-pyrrole nitrogens is 1. The van der Waals surface area contributed by atoms with Crippen LogP contribution >= 0.6 is 0 Å². The highest BCUT2D eigenvalue weighted by Gasteiger charge is 2.27. The molecule has 0 radical (unpaired) electrons. The highest BCUT2D eigenvalue weighted by molar-refractivity contribution is 6.06. The molecule has 168 valence electrons. The lowest BCUT2D eigenvalue weighted by Gasteiger charge is -2.17. The van der Waals surface area contributed by atoms with Crippen LogP contribution in [0, 0.1) is 0 Å². The molecule has 2 aromatic carbocycles. The van der Waals surface area contributed by atoms with Gasteiger partial charge in [-0.05, 0) is 44.5 Å². The maximum Gasteiger partial charge on any atom is 0.252 e. The molecule has 1 fully saturated rings. The van der Waals surface area contributed by atoms with E-state index in [4.69, 9.17) is 4.98 Å². The summed E-state index contributed by atoms with van der Waals surface area (Å²) < 4.78 is 0. The van der Waals surface area contributed by atoms with E-state index in [1.165, 1.54) is 5.56 Å². The highest BCUT2D eigenvalue weighted by atomic mass is 16.1. The Morgan fingerprint density at radius 2 is 1.94 bits per heavy atom. The number of aromatic nitrogens is 3. The van der Waals surface area contributed by atoms with E-state index < -0.39 is 0 Å². The van der Waals surface area contributed by atoms with Crippen LogP contribution in [0.5, 0.6) is 0 Å². The number of hydrogen-bond donors (Lipinski definition) is 2. The number of hydrogen-bond acceptors (Lipinski definition) is 4. The zero-order valence-corrected chi connectivity index (χ0v) is 19.1. The van der Waals surface area contributed by atoms with Crippen LogP contribution < -0.4 is 5.32 Å². The Hall–Kier alpha value is -3.51. The highest BCUT2D eigenvalue weighted by Crippen LogP contribution is 2.31. The van der Waals surface area contributed by atoms with Gasteiger partial charge in [0.15, 0.2) is 0 Å². The van der Waals surface area contributed by atoms with Gasteiger partial charge in [-0.2, -0.15) is 5.10 Å². The van der Waals surface area contributed by atoms with Crippen molar-refractivity contribution in [3.8, 4) is 11.3 Å². The van der Waals surface area contributed by atoms with E-state index in [0.29, 0.717) is 11.5 Å². The second-order valence-corrected chi connectivity index (χ2v) is 9.10. The van der Waals surface area contributed by atoms with Crippen LogP contribution in [0.25, 0.3) is 22.2 Å². The second kappa shape index (κ2) is 9.16. The van der Waals surface area contributed by atoms with Crippen LogP contribution in [-0.2, 0) is 6.54 Å². The summed E-state index contributed by atoms with van der Waals surface area (Å²) in [5.41, 5.74) is 6.02. The summed E-state index contributed by atoms with van der Waals surface area (Å²) in [6.07, 6.45) is 2.95. The van der Waals surface area contributed by atoms with E-state index in [-0.39, 0.29) is 11.9 Å². The summed E-state index contributed by atoms with van der Waals surface area (Å²) in [7, 11) is 0. The SMILES string of the molecule is CC(C)NC(=O)c1cc([C@@H]2CCN(Cc3cn[nH]c3-c3ccccc3)C2)nc2ccccc12. The van der Waals surface area contributed by atoms with E-state index in [2.05, 4.69) is 32.5 Å². The average molecular weight is 440 g/mol. The van der Waals surface area contributed by atoms with Crippen molar-refractivity contribution in [1.29, 1.82) is 0 Å². The Balaban J connectivity index is 1.37. The molecule has 6 heteroatoms. The summed E-state index contributed by atoms with van der Waals surface area (Å²) >= 11 is 0. The van der Waals surface area contributed by atoms with Gasteiger partial charge in [-0.1, -0.05) is 48.5 Å². The molecule has 1 amide bonds. The minimum Gasteiger partial charge on any atom is -0.350 e. The lowest BCUT2D eigenvalue weighted by molar-refractivity contribution is 0.0944. The molecule has 2 aromatic heterocycles. The molecule has 0 bridgehead atoms. The van der Waals surface area contributed by atoms with Crippen molar-refractivity contribution < 1.29 is 4.79 Å². The number of rotatable bonds is 6. The van der Waals surface area contributed by atoms with Gasteiger partial charge >= 0.3 is 0 Å². The first-order valence-corrected chi connectivity index (χ1v) is 11.6. The maximum absolute atomic E-state index is 12.9. The van der Waals surface area contributed by atoms with E-state index in [0.717, 1.165) is 53.9 Å². The molecule has 5 rings (SSSR count). The lowest BCUT2D eigenvalue weighted by atomic mass is 9.99. The third kappa shape index (κ3) is 4.52. The maximum atomic E-state index is 12.9. The molecule has 1 saturated heterocycles. The smallest absolute Gasteiger partial charge is 0.252 e. The monoisotopic (exact) mass is 439 g/mol. The zero-order chi connectivity index (χ0) is 22.8. The van der Waals surface area contributed by atoms with Crippen LogP contribution in [0.4, 0.5) is 0 Å². The van der Waals surface area contributed by atoms with Crippen molar-refractivity contribution in [2.24, 2.45) is 0 Å². The molecule has 1 atom stereocenters. The minimum atomic E-state index is -0.0365. The number of benzene rings is 2. The van der Waals surface area contributed by atoms with E-state index in [9.17, 15) is 4.79 Å². The molecule has 1 aliphatic heterocycles. The molecule has 1 aliphatic rings. The number of amides is 1. The van der Waals surface area contributed by atoms with Crippen LogP contribution in [0.1, 0.15) is 47.8 Å². The van der Waals surface area contributed by atoms with E-state index in [1.54, 1.807) is 0 Å². The molecular weight excluding hydrogens is 410 g/mol. The third-order valence-electron chi connectivity index (χ3n) is 6.27. The van der Waals surface area contributed by atoms with E-state index in [1.807, 2.05) is 68.6 Å². The van der Waals surface area contributed by atoms with Crippen LogP contribution in [0.2, 0.25) is 0 Å². The standard InChI is InChI=1S/C27H29N5O/c1-18(2)29-27(33)23-14-25(30-24-11-7-6-10-22(23)24)20-12-13-32(16-20)17-21-15-28-31-26(21)19-8-4-3-5-9-19/h3-11,14-15,18,20H,12-13,16-17H2,1-2H3,(H,28,31)(H,29,33)/t20-/m1/s1.